The molecule has 2 N–H and O–H groups in total. The molecule has 0 radical (unpaired) electrons. The second kappa shape index (κ2) is 5.46. The Bertz CT molecular complexity index is 339. The SMILES string of the molecule is C[C@@H](O)CNC(=O)Cc1cccc(F)c1. The molecule has 0 bridgehead atoms. The first-order valence-corrected chi connectivity index (χ1v) is 4.77. The Labute approximate surface area is 87.9 Å². The van der Waals surface area contributed by atoms with Crippen LogP contribution in [0.5, 0.6) is 0 Å². The lowest BCUT2D eigenvalue weighted by Crippen LogP contribution is -2.31. The van der Waals surface area contributed by atoms with E-state index >= 15 is 0 Å². The second-order valence-electron chi connectivity index (χ2n) is 3.46. The third-order valence-corrected chi connectivity index (χ3v) is 1.85. The van der Waals surface area contributed by atoms with Gasteiger partial charge in [0.15, 0.2) is 0 Å². The molecule has 4 heteroatoms. The average Bonchev–Trinajstić information content (AvgIpc) is 2.15. The smallest absolute Gasteiger partial charge is 0.224 e. The minimum Gasteiger partial charge on any atom is -0.392 e. The molecule has 1 rings (SSSR count). The number of aliphatic hydroxyl groups is 1. The number of aliphatic hydroxyl groups excluding tert-OH is 1. The van der Waals surface area contributed by atoms with Crippen LogP contribution in [0, 0.1) is 5.82 Å². The minimum absolute atomic E-state index is 0.129. The van der Waals surface area contributed by atoms with E-state index in [1.54, 1.807) is 19.1 Å². The van der Waals surface area contributed by atoms with E-state index in [1.807, 2.05) is 0 Å². The fourth-order valence-corrected chi connectivity index (χ4v) is 1.16. The molecule has 0 unspecified atom stereocenters. The Balaban J connectivity index is 2.44. The summed E-state index contributed by atoms with van der Waals surface area (Å²) in [6, 6.07) is 5.90. The maximum Gasteiger partial charge on any atom is 0.224 e. The molecule has 0 aromatic heterocycles. The van der Waals surface area contributed by atoms with Crippen LogP contribution in [-0.4, -0.2) is 23.7 Å². The van der Waals surface area contributed by atoms with E-state index < -0.39 is 6.10 Å². The number of halogens is 1. The lowest BCUT2D eigenvalue weighted by molar-refractivity contribution is -0.120. The monoisotopic (exact) mass is 211 g/mol. The van der Waals surface area contributed by atoms with Gasteiger partial charge in [0.1, 0.15) is 5.82 Å². The molecule has 3 nitrogen and oxygen atoms in total. The zero-order valence-electron chi connectivity index (χ0n) is 8.53. The maximum absolute atomic E-state index is 12.8. The van der Waals surface area contributed by atoms with Crippen molar-refractivity contribution in [2.45, 2.75) is 19.4 Å². The van der Waals surface area contributed by atoms with Crippen LogP contribution >= 0.6 is 0 Å². The first-order valence-electron chi connectivity index (χ1n) is 4.77. The molecule has 1 atom stereocenters. The molecule has 0 saturated carbocycles. The summed E-state index contributed by atoms with van der Waals surface area (Å²) in [7, 11) is 0. The second-order valence-corrected chi connectivity index (χ2v) is 3.46. The first-order chi connectivity index (χ1) is 7.08. The van der Waals surface area contributed by atoms with Crippen LogP contribution in [0.3, 0.4) is 0 Å². The van der Waals surface area contributed by atoms with Gasteiger partial charge in [0, 0.05) is 6.54 Å². The van der Waals surface area contributed by atoms with Crippen LogP contribution in [0.4, 0.5) is 4.39 Å². The predicted octanol–water partition coefficient (Wildman–Crippen LogP) is 0.865. The summed E-state index contributed by atoms with van der Waals surface area (Å²) in [5.41, 5.74) is 0.623. The van der Waals surface area contributed by atoms with E-state index in [0.717, 1.165) is 0 Å². The first kappa shape index (κ1) is 11.7. The van der Waals surface area contributed by atoms with Crippen molar-refractivity contribution in [2.75, 3.05) is 6.54 Å². The fraction of sp³-hybridized carbons (Fsp3) is 0.364. The number of nitrogens with one attached hydrogen (secondary N) is 1. The summed E-state index contributed by atoms with van der Waals surface area (Å²) < 4.78 is 12.8. The lowest BCUT2D eigenvalue weighted by atomic mass is 10.1. The summed E-state index contributed by atoms with van der Waals surface area (Å²) in [5, 5.41) is 11.5. The van der Waals surface area contributed by atoms with Crippen molar-refractivity contribution in [1.82, 2.24) is 5.32 Å². The van der Waals surface area contributed by atoms with Crippen molar-refractivity contribution in [3.63, 3.8) is 0 Å². The number of amides is 1. The van der Waals surface area contributed by atoms with E-state index in [-0.39, 0.29) is 24.7 Å². The van der Waals surface area contributed by atoms with Crippen molar-refractivity contribution in [2.24, 2.45) is 0 Å². The Hall–Kier alpha value is -1.42. The summed E-state index contributed by atoms with van der Waals surface area (Å²) in [6.45, 7) is 1.80. The van der Waals surface area contributed by atoms with Gasteiger partial charge in [-0.3, -0.25) is 4.79 Å². The summed E-state index contributed by atoms with van der Waals surface area (Å²) in [5.74, 6) is -0.572. The van der Waals surface area contributed by atoms with Gasteiger partial charge in [0.05, 0.1) is 12.5 Å². The topological polar surface area (TPSA) is 49.3 Å². The molecule has 0 aliphatic rings. The highest BCUT2D eigenvalue weighted by Crippen LogP contribution is 2.03. The highest BCUT2D eigenvalue weighted by Gasteiger charge is 2.04. The Kier molecular flexibility index (Phi) is 4.24. The van der Waals surface area contributed by atoms with Gasteiger partial charge in [-0.2, -0.15) is 0 Å². The number of benzene rings is 1. The van der Waals surface area contributed by atoms with E-state index in [4.69, 9.17) is 5.11 Å². The van der Waals surface area contributed by atoms with Crippen LogP contribution in [-0.2, 0) is 11.2 Å². The van der Waals surface area contributed by atoms with Crippen LogP contribution in [0.2, 0.25) is 0 Å². The molecule has 0 aliphatic heterocycles. The van der Waals surface area contributed by atoms with Crippen molar-refractivity contribution >= 4 is 5.91 Å². The van der Waals surface area contributed by atoms with Gasteiger partial charge in [-0.05, 0) is 24.6 Å². The van der Waals surface area contributed by atoms with Crippen molar-refractivity contribution in [3.05, 3.63) is 35.6 Å². The minimum atomic E-state index is -0.568. The highest BCUT2D eigenvalue weighted by molar-refractivity contribution is 5.78. The van der Waals surface area contributed by atoms with Gasteiger partial charge < -0.3 is 10.4 Å². The van der Waals surface area contributed by atoms with E-state index in [9.17, 15) is 9.18 Å². The fourth-order valence-electron chi connectivity index (χ4n) is 1.16. The van der Waals surface area contributed by atoms with Crippen LogP contribution < -0.4 is 5.32 Å². The molecular weight excluding hydrogens is 197 g/mol. The van der Waals surface area contributed by atoms with Crippen LogP contribution in [0.1, 0.15) is 12.5 Å². The van der Waals surface area contributed by atoms with Gasteiger partial charge >= 0.3 is 0 Å². The zero-order valence-corrected chi connectivity index (χ0v) is 8.53. The average molecular weight is 211 g/mol. The van der Waals surface area contributed by atoms with Crippen LogP contribution in [0.15, 0.2) is 24.3 Å². The largest absolute Gasteiger partial charge is 0.392 e. The number of hydrogen-bond acceptors (Lipinski definition) is 2. The summed E-state index contributed by atoms with van der Waals surface area (Å²) >= 11 is 0. The van der Waals surface area contributed by atoms with E-state index in [1.165, 1.54) is 12.1 Å². The molecule has 0 spiro atoms. The molecule has 0 heterocycles. The van der Waals surface area contributed by atoms with Gasteiger partial charge in [0.2, 0.25) is 5.91 Å². The number of carbonyl (C=O) groups excluding carboxylic acids is 1. The Morgan fingerprint density at radius 3 is 2.93 bits per heavy atom. The molecular formula is C11H14FNO2. The number of hydrogen-bond donors (Lipinski definition) is 2. The van der Waals surface area contributed by atoms with E-state index in [2.05, 4.69) is 5.32 Å². The molecule has 0 aliphatic carbocycles. The standard InChI is InChI=1S/C11H14FNO2/c1-8(14)7-13-11(15)6-9-3-2-4-10(12)5-9/h2-5,8,14H,6-7H2,1H3,(H,13,15)/t8-/m1/s1. The quantitative estimate of drug-likeness (QED) is 0.776. The normalized spacial score (nSPS) is 12.2. The predicted molar refractivity (Wildman–Crippen MR) is 54.8 cm³/mol. The third-order valence-electron chi connectivity index (χ3n) is 1.85. The van der Waals surface area contributed by atoms with Crippen molar-refractivity contribution in [1.29, 1.82) is 0 Å². The van der Waals surface area contributed by atoms with Crippen molar-refractivity contribution < 1.29 is 14.3 Å². The Morgan fingerprint density at radius 2 is 2.33 bits per heavy atom. The number of carbonyl (C=O) groups is 1. The molecule has 15 heavy (non-hydrogen) atoms. The van der Waals surface area contributed by atoms with Gasteiger partial charge in [-0.1, -0.05) is 12.1 Å². The Morgan fingerprint density at radius 1 is 1.60 bits per heavy atom. The zero-order chi connectivity index (χ0) is 11.3. The summed E-state index contributed by atoms with van der Waals surface area (Å²) in [6.07, 6.45) is -0.439. The van der Waals surface area contributed by atoms with Crippen molar-refractivity contribution in [3.8, 4) is 0 Å². The number of rotatable bonds is 4. The van der Waals surface area contributed by atoms with E-state index in [0.29, 0.717) is 5.56 Å². The molecule has 1 aromatic carbocycles. The molecule has 82 valence electrons. The molecule has 1 aromatic rings. The van der Waals surface area contributed by atoms with Gasteiger partial charge in [0.25, 0.3) is 0 Å². The van der Waals surface area contributed by atoms with Crippen LogP contribution in [0.25, 0.3) is 0 Å². The maximum atomic E-state index is 12.8. The summed E-state index contributed by atoms with van der Waals surface area (Å²) in [4.78, 5) is 11.3. The highest BCUT2D eigenvalue weighted by atomic mass is 19.1. The molecule has 0 fully saturated rings. The van der Waals surface area contributed by atoms with Gasteiger partial charge in [-0.15, -0.1) is 0 Å². The third kappa shape index (κ3) is 4.56. The molecule has 1 amide bonds. The lowest BCUT2D eigenvalue weighted by Gasteiger charge is -2.06. The molecule has 0 saturated heterocycles. The van der Waals surface area contributed by atoms with Gasteiger partial charge in [-0.25, -0.2) is 4.39 Å².